The number of aromatic amines is 1. The van der Waals surface area contributed by atoms with Crippen molar-refractivity contribution in [3.63, 3.8) is 0 Å². The molecular weight excluding hydrogens is 413 g/mol. The molecule has 11 heteroatoms. The van der Waals surface area contributed by atoms with Gasteiger partial charge in [0.1, 0.15) is 18.7 Å². The first-order chi connectivity index (χ1) is 13.6. The fourth-order valence-corrected chi connectivity index (χ4v) is 3.73. The zero-order valence-electron chi connectivity index (χ0n) is 15.0. The number of benzene rings is 2. The van der Waals surface area contributed by atoms with Crippen LogP contribution in [0.25, 0.3) is 11.0 Å². The molecule has 0 aliphatic carbocycles. The lowest BCUT2D eigenvalue weighted by Crippen LogP contribution is -2.34. The van der Waals surface area contributed by atoms with Crippen LogP contribution < -0.4 is 9.47 Å². The quantitative estimate of drug-likeness (QED) is 0.641. The van der Waals surface area contributed by atoms with E-state index in [0.717, 1.165) is 5.56 Å². The minimum Gasteiger partial charge on any atom is -0.486 e. The second kappa shape index (κ2) is 6.92. The zero-order chi connectivity index (χ0) is 20.8. The average molecular weight is 428 g/mol. The molecule has 0 spiro atoms. The van der Waals surface area contributed by atoms with E-state index in [4.69, 9.17) is 13.7 Å². The normalized spacial score (nSPS) is 16.9. The Morgan fingerprint density at radius 3 is 2.62 bits per heavy atom. The molecule has 0 amide bonds. The summed E-state index contributed by atoms with van der Waals surface area (Å²) in [5, 5.41) is 0. The van der Waals surface area contributed by atoms with Crippen LogP contribution in [0.5, 0.6) is 11.5 Å². The number of ether oxygens (including phenoxy) is 2. The summed E-state index contributed by atoms with van der Waals surface area (Å²) in [6.45, 7) is 1.42. The van der Waals surface area contributed by atoms with Crippen LogP contribution in [-0.2, 0) is 20.5 Å². The third-order valence-electron chi connectivity index (χ3n) is 4.27. The maximum atomic E-state index is 12.9. The monoisotopic (exact) mass is 428 g/mol. The number of nitrogens with one attached hydrogen (secondary N) is 1. The molecule has 1 N–H and O–H groups in total. The largest absolute Gasteiger partial charge is 0.486 e. The molecule has 0 radical (unpaired) electrons. The van der Waals surface area contributed by atoms with Crippen molar-refractivity contribution >= 4 is 21.2 Å². The molecule has 2 aromatic carbocycles. The molecule has 2 heterocycles. The first-order valence-electron chi connectivity index (χ1n) is 8.49. The Morgan fingerprint density at radius 1 is 1.21 bits per heavy atom. The highest BCUT2D eigenvalue weighted by atomic mass is 32.2. The summed E-state index contributed by atoms with van der Waals surface area (Å²) in [5.41, 5.74) is 0.959. The molecule has 7 nitrogen and oxygen atoms in total. The van der Waals surface area contributed by atoms with Crippen molar-refractivity contribution in [1.29, 1.82) is 0 Å². The number of imidazole rings is 1. The lowest BCUT2D eigenvalue weighted by Gasteiger charge is -2.26. The molecule has 0 fully saturated rings. The van der Waals surface area contributed by atoms with Crippen LogP contribution in [0.3, 0.4) is 0 Å². The van der Waals surface area contributed by atoms with Gasteiger partial charge in [0.25, 0.3) is 10.1 Å². The fraction of sp³-hybridized carbons (Fsp3) is 0.278. The number of H-pyrrole nitrogens is 1. The number of rotatable bonds is 4. The van der Waals surface area contributed by atoms with Crippen molar-refractivity contribution < 1.29 is 35.2 Å². The Labute approximate surface area is 163 Å². The second-order valence-corrected chi connectivity index (χ2v) is 8.09. The van der Waals surface area contributed by atoms with Crippen LogP contribution in [0, 0.1) is 6.92 Å². The SMILES string of the molecule is Cc1ccc(S(=O)(=O)OCC2COc3ccc4[nH]c(C(F)(F)F)nc4c3O2)cc1. The third-order valence-corrected chi connectivity index (χ3v) is 5.56. The molecule has 0 saturated heterocycles. The van der Waals surface area contributed by atoms with Crippen LogP contribution in [-0.4, -0.2) is 37.7 Å². The molecule has 1 aliphatic rings. The van der Waals surface area contributed by atoms with Crippen molar-refractivity contribution in [3.8, 4) is 11.5 Å². The van der Waals surface area contributed by atoms with Gasteiger partial charge in [-0.2, -0.15) is 21.6 Å². The summed E-state index contributed by atoms with van der Waals surface area (Å²) in [4.78, 5) is 5.73. The summed E-state index contributed by atoms with van der Waals surface area (Å²) in [5.74, 6) is -0.943. The van der Waals surface area contributed by atoms with Crippen molar-refractivity contribution in [2.24, 2.45) is 0 Å². The number of halogens is 3. The maximum absolute atomic E-state index is 12.9. The Kier molecular flexibility index (Phi) is 4.66. The average Bonchev–Trinajstić information content (AvgIpc) is 3.12. The second-order valence-electron chi connectivity index (χ2n) is 6.47. The highest BCUT2D eigenvalue weighted by Crippen LogP contribution is 2.39. The molecule has 154 valence electrons. The van der Waals surface area contributed by atoms with E-state index in [1.54, 1.807) is 12.1 Å². The molecule has 3 aromatic rings. The third kappa shape index (κ3) is 3.87. The van der Waals surface area contributed by atoms with Crippen LogP contribution in [0.2, 0.25) is 0 Å². The van der Waals surface area contributed by atoms with Gasteiger partial charge >= 0.3 is 6.18 Å². The minimum atomic E-state index is -4.65. The number of hydrogen-bond donors (Lipinski definition) is 1. The molecular formula is C18H15F3N2O5S. The molecule has 1 aliphatic heterocycles. The van der Waals surface area contributed by atoms with Gasteiger partial charge in [0.2, 0.25) is 5.82 Å². The summed E-state index contributed by atoms with van der Waals surface area (Å²) >= 11 is 0. The highest BCUT2D eigenvalue weighted by molar-refractivity contribution is 7.86. The van der Waals surface area contributed by atoms with Crippen LogP contribution in [0.4, 0.5) is 13.2 Å². The zero-order valence-corrected chi connectivity index (χ0v) is 15.8. The molecule has 0 bridgehead atoms. The predicted molar refractivity (Wildman–Crippen MR) is 95.3 cm³/mol. The van der Waals surface area contributed by atoms with Crippen LogP contribution >= 0.6 is 0 Å². The lowest BCUT2D eigenvalue weighted by atomic mass is 10.2. The van der Waals surface area contributed by atoms with Gasteiger partial charge in [-0.1, -0.05) is 17.7 Å². The van der Waals surface area contributed by atoms with Gasteiger partial charge in [-0.3, -0.25) is 4.18 Å². The smallest absolute Gasteiger partial charge is 0.449 e. The highest BCUT2D eigenvalue weighted by Gasteiger charge is 2.36. The van der Waals surface area contributed by atoms with Gasteiger partial charge in [-0.05, 0) is 31.2 Å². The number of fused-ring (bicyclic) bond motifs is 3. The van der Waals surface area contributed by atoms with Gasteiger partial charge < -0.3 is 14.5 Å². The molecule has 1 atom stereocenters. The van der Waals surface area contributed by atoms with E-state index in [1.807, 2.05) is 6.92 Å². The van der Waals surface area contributed by atoms with Gasteiger partial charge in [0.15, 0.2) is 17.6 Å². The summed E-state index contributed by atoms with van der Waals surface area (Å²) in [6, 6.07) is 8.97. The summed E-state index contributed by atoms with van der Waals surface area (Å²) < 4.78 is 79.5. The number of alkyl halides is 3. The Bertz CT molecular complexity index is 1160. The Hall–Kier alpha value is -2.79. The maximum Gasteiger partial charge on any atom is 0.449 e. The van der Waals surface area contributed by atoms with Crippen molar-refractivity contribution in [2.75, 3.05) is 13.2 Å². The van der Waals surface area contributed by atoms with Crippen LogP contribution in [0.15, 0.2) is 41.3 Å². The van der Waals surface area contributed by atoms with Gasteiger partial charge in [-0.15, -0.1) is 0 Å². The van der Waals surface area contributed by atoms with Crippen molar-refractivity contribution in [3.05, 3.63) is 47.8 Å². The van der Waals surface area contributed by atoms with E-state index in [9.17, 15) is 21.6 Å². The number of nitrogens with zero attached hydrogens (tertiary/aromatic N) is 1. The summed E-state index contributed by atoms with van der Waals surface area (Å²) in [7, 11) is -4.02. The standard InChI is InChI=1S/C18H15F3N2O5S/c1-10-2-4-12(5-3-10)29(24,25)27-9-11-8-26-14-7-6-13-15(16(14)28-11)23-17(22-13)18(19,20)21/h2-7,11H,8-9H2,1H3,(H,22,23). The number of aryl methyl sites for hydroxylation is 1. The summed E-state index contributed by atoms with van der Waals surface area (Å²) in [6.07, 6.45) is -5.49. The van der Waals surface area contributed by atoms with E-state index in [-0.39, 0.29) is 40.6 Å². The number of aromatic nitrogens is 2. The van der Waals surface area contributed by atoms with E-state index in [2.05, 4.69) is 9.97 Å². The fourth-order valence-electron chi connectivity index (χ4n) is 2.80. The Morgan fingerprint density at radius 2 is 1.93 bits per heavy atom. The lowest BCUT2D eigenvalue weighted by molar-refractivity contribution is -0.144. The van der Waals surface area contributed by atoms with Gasteiger partial charge in [-0.25, -0.2) is 4.98 Å². The molecule has 0 saturated carbocycles. The van der Waals surface area contributed by atoms with E-state index in [1.165, 1.54) is 24.3 Å². The minimum absolute atomic E-state index is 0.00170. The molecule has 29 heavy (non-hydrogen) atoms. The number of hydrogen-bond acceptors (Lipinski definition) is 6. The Balaban J connectivity index is 1.53. The topological polar surface area (TPSA) is 90.5 Å². The first kappa shape index (κ1) is 19.5. The molecule has 1 unspecified atom stereocenters. The molecule has 1 aromatic heterocycles. The van der Waals surface area contributed by atoms with E-state index < -0.39 is 28.2 Å². The van der Waals surface area contributed by atoms with Crippen molar-refractivity contribution in [1.82, 2.24) is 9.97 Å². The predicted octanol–water partition coefficient (Wildman–Crippen LogP) is 3.44. The van der Waals surface area contributed by atoms with E-state index >= 15 is 0 Å². The molecule has 4 rings (SSSR count). The van der Waals surface area contributed by atoms with Crippen molar-refractivity contribution in [2.45, 2.75) is 24.1 Å². The van der Waals surface area contributed by atoms with Crippen LogP contribution in [0.1, 0.15) is 11.4 Å². The first-order valence-corrected chi connectivity index (χ1v) is 9.90. The van der Waals surface area contributed by atoms with Gasteiger partial charge in [0.05, 0.1) is 10.4 Å². The van der Waals surface area contributed by atoms with E-state index in [0.29, 0.717) is 0 Å². The van der Waals surface area contributed by atoms with Gasteiger partial charge in [0, 0.05) is 0 Å².